The molecule has 0 saturated heterocycles. The molecule has 118 valence electrons. The molecule has 1 aliphatic carbocycles. The van der Waals surface area contributed by atoms with Gasteiger partial charge in [-0.05, 0) is 58.2 Å². The first kappa shape index (κ1) is 16.4. The standard InChI is InChI=1S/C18H25N3O/c1-12(2)21-13(3)9-15(14(21)4)10-16(11-19)18(22)20-17-7-5-6-8-17/h9-10,12,17H,5-8H2,1-4H3,(H,20,22)/b16-10-. The number of aromatic nitrogens is 1. The van der Waals surface area contributed by atoms with E-state index in [0.29, 0.717) is 6.04 Å². The van der Waals surface area contributed by atoms with Crippen LogP contribution in [0.5, 0.6) is 0 Å². The molecule has 4 heteroatoms. The van der Waals surface area contributed by atoms with Gasteiger partial charge in [0.2, 0.25) is 0 Å². The lowest BCUT2D eigenvalue weighted by Crippen LogP contribution is -2.33. The molecule has 1 N–H and O–H groups in total. The first-order valence-corrected chi connectivity index (χ1v) is 8.05. The highest BCUT2D eigenvalue weighted by molar-refractivity contribution is 6.02. The molecule has 0 aliphatic heterocycles. The van der Waals surface area contributed by atoms with Gasteiger partial charge in [-0.1, -0.05) is 12.8 Å². The summed E-state index contributed by atoms with van der Waals surface area (Å²) in [5.41, 5.74) is 3.38. The Bertz CT molecular complexity index is 625. The van der Waals surface area contributed by atoms with Crippen molar-refractivity contribution in [1.29, 1.82) is 5.26 Å². The summed E-state index contributed by atoms with van der Waals surface area (Å²) in [4.78, 5) is 12.3. The van der Waals surface area contributed by atoms with Crippen LogP contribution in [-0.4, -0.2) is 16.5 Å². The van der Waals surface area contributed by atoms with E-state index in [1.807, 2.05) is 19.1 Å². The molecule has 4 nitrogen and oxygen atoms in total. The van der Waals surface area contributed by atoms with Crippen LogP contribution in [0.1, 0.15) is 62.5 Å². The molecule has 0 spiro atoms. The predicted octanol–water partition coefficient (Wildman–Crippen LogP) is 3.65. The lowest BCUT2D eigenvalue weighted by molar-refractivity contribution is -0.117. The molecule has 0 aromatic carbocycles. The Balaban J connectivity index is 2.23. The number of amides is 1. The van der Waals surface area contributed by atoms with E-state index in [0.717, 1.165) is 42.6 Å². The van der Waals surface area contributed by atoms with Crippen LogP contribution in [0.25, 0.3) is 6.08 Å². The third-order valence-corrected chi connectivity index (χ3v) is 4.40. The molecular weight excluding hydrogens is 274 g/mol. The van der Waals surface area contributed by atoms with Crippen molar-refractivity contribution in [2.45, 2.75) is 65.5 Å². The van der Waals surface area contributed by atoms with Gasteiger partial charge < -0.3 is 9.88 Å². The predicted molar refractivity (Wildman–Crippen MR) is 88.3 cm³/mol. The summed E-state index contributed by atoms with van der Waals surface area (Å²) in [6.07, 6.45) is 6.07. The van der Waals surface area contributed by atoms with Crippen LogP contribution in [0.3, 0.4) is 0 Å². The van der Waals surface area contributed by atoms with E-state index in [9.17, 15) is 10.1 Å². The van der Waals surface area contributed by atoms with Gasteiger partial charge in [-0.3, -0.25) is 4.79 Å². The normalized spacial score (nSPS) is 16.1. The molecule has 1 aromatic rings. The maximum Gasteiger partial charge on any atom is 0.262 e. The Morgan fingerprint density at radius 2 is 2.05 bits per heavy atom. The number of carbonyl (C=O) groups excluding carboxylic acids is 1. The molecule has 0 bridgehead atoms. The summed E-state index contributed by atoms with van der Waals surface area (Å²) in [6.45, 7) is 8.34. The van der Waals surface area contributed by atoms with Crippen LogP contribution in [-0.2, 0) is 4.79 Å². The molecule has 0 unspecified atom stereocenters. The Morgan fingerprint density at radius 3 is 2.55 bits per heavy atom. The van der Waals surface area contributed by atoms with Gasteiger partial charge >= 0.3 is 0 Å². The van der Waals surface area contributed by atoms with Gasteiger partial charge in [-0.15, -0.1) is 0 Å². The molecule has 1 heterocycles. The van der Waals surface area contributed by atoms with Crippen LogP contribution in [0.2, 0.25) is 0 Å². The van der Waals surface area contributed by atoms with Crippen molar-refractivity contribution in [2.75, 3.05) is 0 Å². The summed E-state index contributed by atoms with van der Waals surface area (Å²) in [5.74, 6) is -0.247. The van der Waals surface area contributed by atoms with Crippen LogP contribution in [0.4, 0.5) is 0 Å². The second kappa shape index (κ2) is 6.83. The second-order valence-corrected chi connectivity index (χ2v) is 6.41. The summed E-state index contributed by atoms with van der Waals surface area (Å²) in [5, 5.41) is 12.3. The number of rotatable bonds is 4. The number of nitrogens with one attached hydrogen (secondary N) is 1. The van der Waals surface area contributed by atoms with Crippen LogP contribution >= 0.6 is 0 Å². The highest BCUT2D eigenvalue weighted by Gasteiger charge is 2.20. The lowest BCUT2D eigenvalue weighted by atomic mass is 10.1. The fourth-order valence-electron chi connectivity index (χ4n) is 3.38. The summed E-state index contributed by atoms with van der Waals surface area (Å²) in [6, 6.07) is 4.68. The van der Waals surface area contributed by atoms with Gasteiger partial charge in [0.15, 0.2) is 0 Å². The van der Waals surface area contributed by atoms with Gasteiger partial charge in [0, 0.05) is 23.5 Å². The Kier molecular flexibility index (Phi) is 5.07. The maximum atomic E-state index is 12.3. The van der Waals surface area contributed by atoms with Crippen LogP contribution in [0, 0.1) is 25.2 Å². The molecule has 22 heavy (non-hydrogen) atoms. The smallest absolute Gasteiger partial charge is 0.262 e. The minimum absolute atomic E-state index is 0.191. The number of carbonyl (C=O) groups is 1. The zero-order valence-electron chi connectivity index (χ0n) is 13.9. The van der Waals surface area contributed by atoms with Crippen LogP contribution < -0.4 is 5.32 Å². The highest BCUT2D eigenvalue weighted by atomic mass is 16.1. The molecule has 0 atom stereocenters. The summed E-state index contributed by atoms with van der Waals surface area (Å²) in [7, 11) is 0. The molecule has 0 radical (unpaired) electrons. The van der Waals surface area contributed by atoms with E-state index in [4.69, 9.17) is 0 Å². The van der Waals surface area contributed by atoms with Crippen molar-refractivity contribution in [3.05, 3.63) is 28.6 Å². The first-order valence-electron chi connectivity index (χ1n) is 8.05. The fourth-order valence-corrected chi connectivity index (χ4v) is 3.38. The van der Waals surface area contributed by atoms with Gasteiger partial charge in [-0.2, -0.15) is 5.26 Å². The van der Waals surface area contributed by atoms with E-state index in [-0.39, 0.29) is 17.5 Å². The van der Waals surface area contributed by atoms with Gasteiger partial charge in [0.25, 0.3) is 5.91 Å². The topological polar surface area (TPSA) is 57.8 Å². The number of nitrogens with zero attached hydrogens (tertiary/aromatic N) is 2. The van der Waals surface area contributed by atoms with E-state index in [1.165, 1.54) is 0 Å². The van der Waals surface area contributed by atoms with Crippen molar-refractivity contribution >= 4 is 12.0 Å². The molecule has 2 rings (SSSR count). The van der Waals surface area contributed by atoms with E-state index in [1.54, 1.807) is 6.08 Å². The number of hydrogen-bond donors (Lipinski definition) is 1. The van der Waals surface area contributed by atoms with Crippen molar-refractivity contribution in [1.82, 2.24) is 9.88 Å². The highest BCUT2D eigenvalue weighted by Crippen LogP contribution is 2.23. The molecule has 1 aromatic heterocycles. The first-order chi connectivity index (χ1) is 10.4. The number of nitriles is 1. The third-order valence-electron chi connectivity index (χ3n) is 4.40. The van der Waals surface area contributed by atoms with Gasteiger partial charge in [-0.25, -0.2) is 0 Å². The zero-order valence-corrected chi connectivity index (χ0v) is 13.9. The number of aryl methyl sites for hydroxylation is 1. The summed E-state index contributed by atoms with van der Waals surface area (Å²) < 4.78 is 2.22. The Hall–Kier alpha value is -2.02. The van der Waals surface area contributed by atoms with Crippen molar-refractivity contribution < 1.29 is 4.79 Å². The average molecular weight is 299 g/mol. The minimum Gasteiger partial charge on any atom is -0.349 e. The Morgan fingerprint density at radius 1 is 1.41 bits per heavy atom. The van der Waals surface area contributed by atoms with Gasteiger partial charge in [0.05, 0.1) is 0 Å². The second-order valence-electron chi connectivity index (χ2n) is 6.41. The van der Waals surface area contributed by atoms with Gasteiger partial charge in [0.1, 0.15) is 11.6 Å². The number of hydrogen-bond acceptors (Lipinski definition) is 2. The minimum atomic E-state index is -0.247. The molecular formula is C18H25N3O. The van der Waals surface area contributed by atoms with E-state index in [2.05, 4.69) is 30.7 Å². The van der Waals surface area contributed by atoms with Crippen molar-refractivity contribution in [2.24, 2.45) is 0 Å². The van der Waals surface area contributed by atoms with E-state index < -0.39 is 0 Å². The summed E-state index contributed by atoms with van der Waals surface area (Å²) >= 11 is 0. The lowest BCUT2D eigenvalue weighted by Gasteiger charge is -2.13. The fraction of sp³-hybridized carbons (Fsp3) is 0.556. The Labute approximate surface area is 132 Å². The molecule has 1 aliphatic rings. The molecule has 1 amide bonds. The molecule has 1 saturated carbocycles. The zero-order chi connectivity index (χ0) is 16.3. The largest absolute Gasteiger partial charge is 0.349 e. The molecule has 1 fully saturated rings. The van der Waals surface area contributed by atoms with Crippen molar-refractivity contribution in [3.8, 4) is 6.07 Å². The van der Waals surface area contributed by atoms with E-state index >= 15 is 0 Å². The van der Waals surface area contributed by atoms with Crippen molar-refractivity contribution in [3.63, 3.8) is 0 Å². The monoisotopic (exact) mass is 299 g/mol. The average Bonchev–Trinajstić information content (AvgIpc) is 3.04. The quantitative estimate of drug-likeness (QED) is 0.681. The van der Waals surface area contributed by atoms with Crippen LogP contribution in [0.15, 0.2) is 11.6 Å². The maximum absolute atomic E-state index is 12.3. The SMILES string of the molecule is Cc1cc(/C=C(/C#N)C(=O)NC2CCCC2)c(C)n1C(C)C. The third kappa shape index (κ3) is 3.41.